The van der Waals surface area contributed by atoms with Crippen molar-refractivity contribution >= 4 is 23.1 Å². The number of likely N-dealkylation sites (tertiary alicyclic amines) is 1. The molecule has 0 aliphatic carbocycles. The maximum atomic E-state index is 5.74. The fourth-order valence-corrected chi connectivity index (χ4v) is 3.18. The van der Waals surface area contributed by atoms with Gasteiger partial charge in [-0.25, -0.2) is 0 Å². The van der Waals surface area contributed by atoms with Gasteiger partial charge in [-0.3, -0.25) is 4.90 Å². The van der Waals surface area contributed by atoms with Crippen LogP contribution in [0.15, 0.2) is 0 Å². The lowest BCUT2D eigenvalue weighted by Crippen LogP contribution is -2.31. The van der Waals surface area contributed by atoms with Crippen molar-refractivity contribution < 1.29 is 0 Å². The van der Waals surface area contributed by atoms with Crippen molar-refractivity contribution in [1.29, 1.82) is 0 Å². The molecular weight excluding hydrogens is 246 g/mol. The molecule has 3 N–H and O–H groups in total. The zero-order valence-corrected chi connectivity index (χ0v) is 11.5. The highest BCUT2D eigenvalue weighted by atomic mass is 32.1. The van der Waals surface area contributed by atoms with Crippen LogP contribution in [-0.2, 0) is 6.42 Å². The summed E-state index contributed by atoms with van der Waals surface area (Å²) in [7, 11) is 2.18. The number of fused-ring (bicyclic) bond motifs is 1. The van der Waals surface area contributed by atoms with E-state index in [9.17, 15) is 0 Å². The van der Waals surface area contributed by atoms with E-state index in [0.29, 0.717) is 11.2 Å². The van der Waals surface area contributed by atoms with Crippen molar-refractivity contribution in [3.05, 3.63) is 11.3 Å². The lowest BCUT2D eigenvalue weighted by molar-refractivity contribution is 0.182. The van der Waals surface area contributed by atoms with E-state index in [1.807, 2.05) is 0 Å². The second kappa shape index (κ2) is 4.51. The summed E-state index contributed by atoms with van der Waals surface area (Å²) in [5.74, 6) is 1.01. The number of anilines is 1. The smallest absolute Gasteiger partial charge is 0.193 e. The van der Waals surface area contributed by atoms with Gasteiger partial charge in [0.2, 0.25) is 0 Å². The summed E-state index contributed by atoms with van der Waals surface area (Å²) in [6, 6.07) is 0.419. The number of aromatic nitrogens is 2. The Labute approximate surface area is 112 Å². The molecule has 2 aliphatic rings. The van der Waals surface area contributed by atoms with Crippen LogP contribution in [0.2, 0.25) is 0 Å². The molecule has 98 valence electrons. The van der Waals surface area contributed by atoms with Gasteiger partial charge in [-0.05, 0) is 45.1 Å². The third kappa shape index (κ3) is 1.80. The van der Waals surface area contributed by atoms with Gasteiger partial charge in [0.25, 0.3) is 0 Å². The van der Waals surface area contributed by atoms with Crippen LogP contribution in [0.4, 0.5) is 5.82 Å². The van der Waals surface area contributed by atoms with Gasteiger partial charge in [0, 0.05) is 12.1 Å². The van der Waals surface area contributed by atoms with Crippen LogP contribution in [0.1, 0.15) is 36.6 Å². The summed E-state index contributed by atoms with van der Waals surface area (Å²) < 4.78 is 1.69. The molecule has 18 heavy (non-hydrogen) atoms. The molecule has 1 aromatic heterocycles. The average molecular weight is 265 g/mol. The maximum Gasteiger partial charge on any atom is 0.193 e. The minimum Gasteiger partial charge on any atom is -0.374 e. The summed E-state index contributed by atoms with van der Waals surface area (Å²) >= 11 is 5.07. The highest BCUT2D eigenvalue weighted by Gasteiger charge is 2.31. The third-order valence-electron chi connectivity index (χ3n) is 3.98. The summed E-state index contributed by atoms with van der Waals surface area (Å²) in [4.78, 5) is 2.40. The van der Waals surface area contributed by atoms with Crippen LogP contribution < -0.4 is 11.1 Å². The van der Waals surface area contributed by atoms with Gasteiger partial charge in [-0.2, -0.15) is 9.78 Å². The topological polar surface area (TPSA) is 59.1 Å². The predicted molar refractivity (Wildman–Crippen MR) is 75.8 cm³/mol. The minimum absolute atomic E-state index is 0.324. The van der Waals surface area contributed by atoms with Gasteiger partial charge in [-0.1, -0.05) is 6.42 Å². The molecule has 1 saturated heterocycles. The fourth-order valence-electron chi connectivity index (χ4n) is 3.05. The summed E-state index contributed by atoms with van der Waals surface area (Å²) in [6.07, 6.45) is 4.76. The predicted octanol–water partition coefficient (Wildman–Crippen LogP) is 1.10. The molecule has 1 aromatic rings. The van der Waals surface area contributed by atoms with Crippen LogP contribution in [0, 0.1) is 0 Å². The van der Waals surface area contributed by atoms with Gasteiger partial charge < -0.3 is 11.1 Å². The summed E-state index contributed by atoms with van der Waals surface area (Å²) in [5.41, 5.74) is 8.22. The van der Waals surface area contributed by atoms with Gasteiger partial charge in [0.05, 0.1) is 11.7 Å². The molecule has 6 heteroatoms. The normalized spacial score (nSPS) is 23.7. The van der Waals surface area contributed by atoms with Gasteiger partial charge in [-0.15, -0.1) is 0 Å². The molecule has 0 radical (unpaired) electrons. The zero-order chi connectivity index (χ0) is 12.7. The standard InChI is InChI=1S/C12H19N5S/c1-16-7-3-2-4-9(16)10-8-5-6-14-11(8)17(15-10)12(13)18/h9,14H,2-7H2,1H3,(H2,13,18). The van der Waals surface area contributed by atoms with Crippen LogP contribution in [0.25, 0.3) is 0 Å². The van der Waals surface area contributed by atoms with E-state index in [0.717, 1.165) is 25.3 Å². The summed E-state index contributed by atoms with van der Waals surface area (Å²) in [5, 5.41) is 8.31. The monoisotopic (exact) mass is 265 g/mol. The number of nitrogens with zero attached hydrogens (tertiary/aromatic N) is 3. The molecule has 3 heterocycles. The number of hydrogen-bond donors (Lipinski definition) is 2. The molecule has 0 spiro atoms. The number of hydrogen-bond acceptors (Lipinski definition) is 4. The molecule has 0 aromatic carbocycles. The highest BCUT2D eigenvalue weighted by molar-refractivity contribution is 7.80. The Morgan fingerprint density at radius 1 is 1.50 bits per heavy atom. The van der Waals surface area contributed by atoms with Crippen LogP contribution in [0.5, 0.6) is 0 Å². The van der Waals surface area contributed by atoms with Crippen LogP contribution >= 0.6 is 12.2 Å². The second-order valence-electron chi connectivity index (χ2n) is 5.13. The van der Waals surface area contributed by atoms with E-state index < -0.39 is 0 Å². The lowest BCUT2D eigenvalue weighted by atomic mass is 9.97. The number of nitrogens with two attached hydrogens (primary N) is 1. The summed E-state index contributed by atoms with van der Waals surface area (Å²) in [6.45, 7) is 2.10. The van der Waals surface area contributed by atoms with Crippen molar-refractivity contribution in [3.63, 3.8) is 0 Å². The Morgan fingerprint density at radius 3 is 3.06 bits per heavy atom. The molecule has 3 rings (SSSR count). The largest absolute Gasteiger partial charge is 0.374 e. The quantitative estimate of drug-likeness (QED) is 0.745. The zero-order valence-electron chi connectivity index (χ0n) is 10.6. The highest BCUT2D eigenvalue weighted by Crippen LogP contribution is 2.35. The van der Waals surface area contributed by atoms with Gasteiger partial charge in [0.15, 0.2) is 5.11 Å². The first-order chi connectivity index (χ1) is 8.68. The van der Waals surface area contributed by atoms with Crippen molar-refractivity contribution in [2.75, 3.05) is 25.5 Å². The molecule has 0 saturated carbocycles. The van der Waals surface area contributed by atoms with Crippen molar-refractivity contribution in [1.82, 2.24) is 14.7 Å². The first-order valence-corrected chi connectivity index (χ1v) is 6.95. The minimum atomic E-state index is 0.324. The van der Waals surface area contributed by atoms with Gasteiger partial charge in [0.1, 0.15) is 5.82 Å². The van der Waals surface area contributed by atoms with E-state index in [1.54, 1.807) is 4.68 Å². The second-order valence-corrected chi connectivity index (χ2v) is 5.55. The Balaban J connectivity index is 2.01. The lowest BCUT2D eigenvalue weighted by Gasteiger charge is -2.31. The molecule has 1 unspecified atom stereocenters. The Morgan fingerprint density at radius 2 is 2.33 bits per heavy atom. The van der Waals surface area contributed by atoms with Crippen molar-refractivity contribution in [2.45, 2.75) is 31.7 Å². The van der Waals surface area contributed by atoms with Crippen molar-refractivity contribution in [3.8, 4) is 0 Å². The van der Waals surface area contributed by atoms with Crippen LogP contribution in [-0.4, -0.2) is 39.9 Å². The van der Waals surface area contributed by atoms with E-state index >= 15 is 0 Å². The van der Waals surface area contributed by atoms with E-state index in [2.05, 4.69) is 22.4 Å². The number of thiocarbonyl (C=S) groups is 1. The Kier molecular flexibility index (Phi) is 2.99. The number of rotatable bonds is 1. The molecular formula is C12H19N5S. The Hall–Kier alpha value is -1.14. The third-order valence-corrected chi connectivity index (χ3v) is 4.15. The maximum absolute atomic E-state index is 5.74. The van der Waals surface area contributed by atoms with Crippen LogP contribution in [0.3, 0.4) is 0 Å². The molecule has 0 bridgehead atoms. The Bertz CT molecular complexity index is 481. The average Bonchev–Trinajstić information content (AvgIpc) is 2.90. The molecule has 2 aliphatic heterocycles. The molecule has 1 fully saturated rings. The molecule has 0 amide bonds. The van der Waals surface area contributed by atoms with Crippen molar-refractivity contribution in [2.24, 2.45) is 5.73 Å². The number of nitrogens with one attached hydrogen (secondary N) is 1. The van der Waals surface area contributed by atoms with E-state index in [-0.39, 0.29) is 0 Å². The number of piperidine rings is 1. The first-order valence-electron chi connectivity index (χ1n) is 6.54. The van der Waals surface area contributed by atoms with E-state index in [1.165, 1.54) is 30.5 Å². The first kappa shape index (κ1) is 11.9. The fraction of sp³-hybridized carbons (Fsp3) is 0.667. The molecule has 5 nitrogen and oxygen atoms in total. The SMILES string of the molecule is CN1CCCCC1c1nn(C(N)=S)c2c1CCN2. The van der Waals surface area contributed by atoms with Gasteiger partial charge >= 0.3 is 0 Å². The molecule has 1 atom stereocenters. The van der Waals surface area contributed by atoms with E-state index in [4.69, 9.17) is 18.0 Å².